The Morgan fingerprint density at radius 3 is 2.65 bits per heavy atom. The average molecular weight is 301 g/mol. The van der Waals surface area contributed by atoms with E-state index in [9.17, 15) is 14.9 Å². The fourth-order valence-electron chi connectivity index (χ4n) is 1.80. The zero-order chi connectivity index (χ0) is 15.3. The van der Waals surface area contributed by atoms with Crippen molar-refractivity contribution in [3.05, 3.63) is 33.3 Å². The molecule has 0 saturated carbocycles. The van der Waals surface area contributed by atoms with Gasteiger partial charge in [0.2, 0.25) is 0 Å². The predicted molar refractivity (Wildman–Crippen MR) is 77.0 cm³/mol. The van der Waals surface area contributed by atoms with Crippen LogP contribution in [-0.4, -0.2) is 24.0 Å². The topological polar surface area (TPSA) is 81.5 Å². The van der Waals surface area contributed by atoms with E-state index in [1.165, 1.54) is 25.3 Å². The maximum Gasteiger partial charge on any atom is 0.328 e. The minimum absolute atomic E-state index is 0.132. The number of methoxy groups -OCH3 is 1. The van der Waals surface area contributed by atoms with E-state index in [4.69, 9.17) is 16.3 Å². The fraction of sp³-hybridized carbons (Fsp3) is 0.462. The summed E-state index contributed by atoms with van der Waals surface area (Å²) >= 11 is 5.85. The number of ether oxygens (including phenoxy) is 1. The molecule has 0 amide bonds. The molecule has 1 rings (SSSR count). The quantitative estimate of drug-likeness (QED) is 0.495. The minimum Gasteiger partial charge on any atom is -0.467 e. The average Bonchev–Trinajstić information content (AvgIpc) is 2.36. The molecule has 0 spiro atoms. The third-order valence-electron chi connectivity index (χ3n) is 2.68. The van der Waals surface area contributed by atoms with Crippen molar-refractivity contribution >= 4 is 28.9 Å². The number of nitrogens with one attached hydrogen (secondary N) is 1. The van der Waals surface area contributed by atoms with Crippen molar-refractivity contribution in [2.24, 2.45) is 5.92 Å². The van der Waals surface area contributed by atoms with Crippen molar-refractivity contribution in [3.63, 3.8) is 0 Å². The van der Waals surface area contributed by atoms with Crippen molar-refractivity contribution in [2.45, 2.75) is 26.3 Å². The molecule has 0 aliphatic heterocycles. The van der Waals surface area contributed by atoms with Crippen LogP contribution < -0.4 is 5.32 Å². The van der Waals surface area contributed by atoms with Gasteiger partial charge in [0.15, 0.2) is 0 Å². The molecule has 6 nitrogen and oxygen atoms in total. The third kappa shape index (κ3) is 4.38. The second-order valence-electron chi connectivity index (χ2n) is 4.77. The zero-order valence-corrected chi connectivity index (χ0v) is 12.3. The van der Waals surface area contributed by atoms with E-state index in [0.29, 0.717) is 11.4 Å². The van der Waals surface area contributed by atoms with Gasteiger partial charge in [-0.25, -0.2) is 4.79 Å². The molecule has 20 heavy (non-hydrogen) atoms. The van der Waals surface area contributed by atoms with Crippen LogP contribution in [0.4, 0.5) is 11.4 Å². The molecule has 0 heterocycles. The van der Waals surface area contributed by atoms with Crippen molar-refractivity contribution in [2.75, 3.05) is 12.4 Å². The molecule has 110 valence electrons. The van der Waals surface area contributed by atoms with Gasteiger partial charge in [-0.05, 0) is 24.5 Å². The molecule has 0 saturated heterocycles. The summed E-state index contributed by atoms with van der Waals surface area (Å²) in [7, 11) is 1.28. The maximum absolute atomic E-state index is 11.7. The summed E-state index contributed by atoms with van der Waals surface area (Å²) in [6.45, 7) is 3.90. The van der Waals surface area contributed by atoms with E-state index in [1.54, 1.807) is 0 Å². The molecule has 1 N–H and O–H groups in total. The van der Waals surface area contributed by atoms with Crippen molar-refractivity contribution in [1.82, 2.24) is 0 Å². The van der Waals surface area contributed by atoms with Crippen LogP contribution in [0.15, 0.2) is 18.2 Å². The van der Waals surface area contributed by atoms with Crippen LogP contribution in [0, 0.1) is 16.0 Å². The molecule has 0 fully saturated rings. The molecule has 1 unspecified atom stereocenters. The number of anilines is 1. The van der Waals surface area contributed by atoms with Gasteiger partial charge in [-0.1, -0.05) is 25.4 Å². The summed E-state index contributed by atoms with van der Waals surface area (Å²) in [6.07, 6.45) is 0.496. The number of benzene rings is 1. The van der Waals surface area contributed by atoms with E-state index >= 15 is 0 Å². The van der Waals surface area contributed by atoms with Crippen molar-refractivity contribution in [3.8, 4) is 0 Å². The summed E-state index contributed by atoms with van der Waals surface area (Å²) in [5, 5.41) is 14.2. The second kappa shape index (κ2) is 7.09. The highest BCUT2D eigenvalue weighted by Crippen LogP contribution is 2.29. The Hall–Kier alpha value is -1.82. The lowest BCUT2D eigenvalue weighted by molar-refractivity contribution is -0.384. The van der Waals surface area contributed by atoms with Crippen LogP contribution in [0.25, 0.3) is 0 Å². The van der Waals surface area contributed by atoms with Gasteiger partial charge < -0.3 is 10.1 Å². The van der Waals surface area contributed by atoms with Gasteiger partial charge in [-0.15, -0.1) is 0 Å². The van der Waals surface area contributed by atoms with Crippen LogP contribution in [0.1, 0.15) is 20.3 Å². The second-order valence-corrected chi connectivity index (χ2v) is 5.20. The number of esters is 1. The van der Waals surface area contributed by atoms with E-state index in [1.807, 2.05) is 13.8 Å². The lowest BCUT2D eigenvalue weighted by Gasteiger charge is -2.19. The lowest BCUT2D eigenvalue weighted by atomic mass is 10.0. The van der Waals surface area contributed by atoms with E-state index in [2.05, 4.69) is 5.32 Å². The van der Waals surface area contributed by atoms with Gasteiger partial charge in [-0.2, -0.15) is 0 Å². The Morgan fingerprint density at radius 1 is 1.50 bits per heavy atom. The number of hydrogen-bond acceptors (Lipinski definition) is 5. The number of nitrogens with zero attached hydrogens (tertiary/aromatic N) is 1. The molecule has 7 heteroatoms. The van der Waals surface area contributed by atoms with Gasteiger partial charge >= 0.3 is 5.97 Å². The largest absolute Gasteiger partial charge is 0.467 e. The number of nitro groups is 1. The number of carbonyl (C=O) groups excluding carboxylic acids is 1. The summed E-state index contributed by atoms with van der Waals surface area (Å²) in [5.74, 6) is -0.238. The molecule has 1 atom stereocenters. The SMILES string of the molecule is COC(=O)C(CC(C)C)Nc1cc(Cl)ccc1[N+](=O)[O-]. The Labute approximate surface area is 122 Å². The van der Waals surface area contributed by atoms with Gasteiger partial charge in [-0.3, -0.25) is 10.1 Å². The minimum atomic E-state index is -0.655. The molecular formula is C13H17ClN2O4. The Kier molecular flexibility index (Phi) is 5.76. The van der Waals surface area contributed by atoms with Gasteiger partial charge in [0.1, 0.15) is 11.7 Å². The van der Waals surface area contributed by atoms with Crippen LogP contribution in [0.2, 0.25) is 5.02 Å². The van der Waals surface area contributed by atoms with E-state index in [0.717, 1.165) is 0 Å². The highest BCUT2D eigenvalue weighted by molar-refractivity contribution is 6.31. The van der Waals surface area contributed by atoms with Crippen LogP contribution in [0.5, 0.6) is 0 Å². The molecule has 0 radical (unpaired) electrons. The molecule has 0 aliphatic carbocycles. The monoisotopic (exact) mass is 300 g/mol. The van der Waals surface area contributed by atoms with E-state index in [-0.39, 0.29) is 17.3 Å². The third-order valence-corrected chi connectivity index (χ3v) is 2.91. The molecule has 1 aromatic carbocycles. The first kappa shape index (κ1) is 16.2. The highest BCUT2D eigenvalue weighted by Gasteiger charge is 2.24. The van der Waals surface area contributed by atoms with Gasteiger partial charge in [0.05, 0.1) is 12.0 Å². The Balaban J connectivity index is 3.06. The standard InChI is InChI=1S/C13H17ClN2O4/c1-8(2)6-11(13(17)20-3)15-10-7-9(14)4-5-12(10)16(18)19/h4-5,7-8,11,15H,6H2,1-3H3. The molecule has 0 aromatic heterocycles. The smallest absolute Gasteiger partial charge is 0.328 e. The number of halogens is 1. The Bertz CT molecular complexity index is 505. The normalized spacial score (nSPS) is 12.1. The van der Waals surface area contributed by atoms with Crippen molar-refractivity contribution < 1.29 is 14.5 Å². The zero-order valence-electron chi connectivity index (χ0n) is 11.6. The summed E-state index contributed by atoms with van der Waals surface area (Å²) < 4.78 is 4.71. The fourth-order valence-corrected chi connectivity index (χ4v) is 1.97. The van der Waals surface area contributed by atoms with Crippen molar-refractivity contribution in [1.29, 1.82) is 0 Å². The molecule has 0 aliphatic rings. The molecular weight excluding hydrogens is 284 g/mol. The number of rotatable bonds is 6. The first-order valence-electron chi connectivity index (χ1n) is 6.13. The van der Waals surface area contributed by atoms with Crippen LogP contribution >= 0.6 is 11.6 Å². The number of carbonyl (C=O) groups is 1. The van der Waals surface area contributed by atoms with E-state index < -0.39 is 16.9 Å². The maximum atomic E-state index is 11.7. The summed E-state index contributed by atoms with van der Waals surface area (Å²) in [4.78, 5) is 22.2. The highest BCUT2D eigenvalue weighted by atomic mass is 35.5. The van der Waals surface area contributed by atoms with Crippen LogP contribution in [0.3, 0.4) is 0 Å². The lowest BCUT2D eigenvalue weighted by Crippen LogP contribution is -2.32. The first-order chi connectivity index (χ1) is 9.35. The first-order valence-corrected chi connectivity index (χ1v) is 6.51. The molecule has 1 aromatic rings. The summed E-state index contributed by atoms with van der Waals surface area (Å²) in [5.41, 5.74) is 0.0746. The van der Waals surface area contributed by atoms with Crippen LogP contribution in [-0.2, 0) is 9.53 Å². The van der Waals surface area contributed by atoms with Gasteiger partial charge in [0.25, 0.3) is 5.69 Å². The summed E-state index contributed by atoms with van der Waals surface area (Å²) in [6, 6.07) is 3.50. The van der Waals surface area contributed by atoms with Gasteiger partial charge in [0, 0.05) is 11.1 Å². The number of hydrogen-bond donors (Lipinski definition) is 1. The predicted octanol–water partition coefficient (Wildman–Crippen LogP) is 3.25. The molecule has 0 bridgehead atoms. The Morgan fingerprint density at radius 2 is 2.15 bits per heavy atom. The number of nitro benzene ring substituents is 1.